The van der Waals surface area contributed by atoms with Crippen LogP contribution >= 0.6 is 0 Å². The van der Waals surface area contributed by atoms with Crippen molar-refractivity contribution in [2.24, 2.45) is 0 Å². The lowest BCUT2D eigenvalue weighted by molar-refractivity contribution is 0.239. The smallest absolute Gasteiger partial charge is 0.148 e. The van der Waals surface area contributed by atoms with Crippen molar-refractivity contribution in [1.29, 1.82) is 0 Å². The van der Waals surface area contributed by atoms with E-state index in [2.05, 4.69) is 0 Å². The molecule has 0 bridgehead atoms. The van der Waals surface area contributed by atoms with E-state index in [1.807, 2.05) is 13.8 Å². The second kappa shape index (κ2) is 4.12. The van der Waals surface area contributed by atoms with Crippen LogP contribution in [0.5, 0.6) is 5.75 Å². The Kier molecular flexibility index (Phi) is 3.12. The van der Waals surface area contributed by atoms with E-state index in [9.17, 15) is 4.39 Å². The van der Waals surface area contributed by atoms with Gasteiger partial charge in [-0.25, -0.2) is 4.39 Å². The van der Waals surface area contributed by atoms with Gasteiger partial charge in [0.25, 0.3) is 0 Å². The van der Waals surface area contributed by atoms with Gasteiger partial charge in [-0.2, -0.15) is 0 Å². The normalized spacial score (nSPS) is 10.5. The molecule has 0 aliphatic heterocycles. The molecule has 0 aliphatic rings. The highest BCUT2D eigenvalue weighted by atomic mass is 19.1. The van der Waals surface area contributed by atoms with E-state index in [-0.39, 0.29) is 6.10 Å². The fraction of sp³-hybridized carbons (Fsp3) is 0.400. The first kappa shape index (κ1) is 9.84. The average molecular weight is 183 g/mol. The van der Waals surface area contributed by atoms with Crippen molar-refractivity contribution in [2.75, 3.05) is 5.73 Å². The fourth-order valence-electron chi connectivity index (χ4n) is 1.09. The zero-order valence-electron chi connectivity index (χ0n) is 7.88. The highest BCUT2D eigenvalue weighted by Crippen LogP contribution is 2.27. The van der Waals surface area contributed by atoms with E-state index in [0.29, 0.717) is 17.0 Å². The number of anilines is 1. The molecule has 0 radical (unpaired) electrons. The van der Waals surface area contributed by atoms with Crippen LogP contribution < -0.4 is 10.5 Å². The molecule has 0 atom stereocenters. The predicted molar refractivity (Wildman–Crippen MR) is 51.4 cm³/mol. The minimum atomic E-state index is -0.549. The Hall–Kier alpha value is -1.25. The van der Waals surface area contributed by atoms with Crippen LogP contribution in [0.25, 0.3) is 0 Å². The summed E-state index contributed by atoms with van der Waals surface area (Å²) < 4.78 is 17.9. The fourth-order valence-corrected chi connectivity index (χ4v) is 1.09. The zero-order chi connectivity index (χ0) is 9.84. The topological polar surface area (TPSA) is 35.2 Å². The first-order valence-electron chi connectivity index (χ1n) is 4.25. The molecule has 0 saturated carbocycles. The molecule has 0 spiro atoms. The Morgan fingerprint density at radius 2 is 2.15 bits per heavy atom. The molecule has 0 fully saturated rings. The standard InChI is InChI=1S/C10H14FNO/c1-7(2)13-10-8(6-11)4-3-5-9(10)12/h3-5,7H,6,12H2,1-2H3. The Morgan fingerprint density at radius 1 is 1.46 bits per heavy atom. The molecule has 13 heavy (non-hydrogen) atoms. The largest absolute Gasteiger partial charge is 0.488 e. The maximum absolute atomic E-state index is 12.5. The molecule has 0 unspecified atom stereocenters. The molecule has 1 aromatic rings. The number of alkyl halides is 1. The Labute approximate surface area is 77.5 Å². The van der Waals surface area contributed by atoms with Crippen molar-refractivity contribution >= 4 is 5.69 Å². The van der Waals surface area contributed by atoms with Gasteiger partial charge in [0.1, 0.15) is 12.4 Å². The highest BCUT2D eigenvalue weighted by Gasteiger charge is 2.08. The number of ether oxygens (including phenoxy) is 1. The number of hydrogen-bond acceptors (Lipinski definition) is 2. The summed E-state index contributed by atoms with van der Waals surface area (Å²) in [5.41, 5.74) is 6.65. The summed E-state index contributed by atoms with van der Waals surface area (Å²) in [7, 11) is 0. The van der Waals surface area contributed by atoms with Gasteiger partial charge >= 0.3 is 0 Å². The summed E-state index contributed by atoms with van der Waals surface area (Å²) >= 11 is 0. The summed E-state index contributed by atoms with van der Waals surface area (Å²) in [6, 6.07) is 5.10. The van der Waals surface area contributed by atoms with Crippen LogP contribution in [0.1, 0.15) is 19.4 Å². The van der Waals surface area contributed by atoms with Crippen LogP contribution in [0.15, 0.2) is 18.2 Å². The maximum Gasteiger partial charge on any atom is 0.148 e. The number of nitrogens with two attached hydrogens (primary N) is 1. The molecular formula is C10H14FNO. The van der Waals surface area contributed by atoms with Crippen molar-refractivity contribution in [3.8, 4) is 5.75 Å². The van der Waals surface area contributed by atoms with Crippen molar-refractivity contribution in [1.82, 2.24) is 0 Å². The second-order valence-electron chi connectivity index (χ2n) is 3.14. The molecule has 2 N–H and O–H groups in total. The SMILES string of the molecule is CC(C)Oc1c(N)cccc1CF. The van der Waals surface area contributed by atoms with Gasteiger partial charge in [0.15, 0.2) is 0 Å². The van der Waals surface area contributed by atoms with Gasteiger partial charge < -0.3 is 10.5 Å². The van der Waals surface area contributed by atoms with E-state index in [0.717, 1.165) is 0 Å². The molecule has 1 aromatic carbocycles. The molecule has 0 aliphatic carbocycles. The van der Waals surface area contributed by atoms with Crippen molar-refractivity contribution < 1.29 is 9.13 Å². The summed E-state index contributed by atoms with van der Waals surface area (Å²) in [6.45, 7) is 3.22. The number of nitrogen functional groups attached to an aromatic ring is 1. The quantitative estimate of drug-likeness (QED) is 0.731. The van der Waals surface area contributed by atoms with Crippen LogP contribution in [-0.4, -0.2) is 6.10 Å². The Balaban J connectivity index is 3.00. The summed E-state index contributed by atoms with van der Waals surface area (Å²) in [6.07, 6.45) is 0.00926. The molecule has 72 valence electrons. The Morgan fingerprint density at radius 3 is 2.69 bits per heavy atom. The third-order valence-corrected chi connectivity index (χ3v) is 1.62. The van der Waals surface area contributed by atoms with Crippen molar-refractivity contribution in [2.45, 2.75) is 26.6 Å². The van der Waals surface area contributed by atoms with E-state index >= 15 is 0 Å². The van der Waals surface area contributed by atoms with Crippen molar-refractivity contribution in [3.63, 3.8) is 0 Å². The summed E-state index contributed by atoms with van der Waals surface area (Å²) in [4.78, 5) is 0. The molecule has 2 nitrogen and oxygen atoms in total. The third kappa shape index (κ3) is 2.34. The molecule has 0 saturated heterocycles. The molecule has 3 heteroatoms. The van der Waals surface area contributed by atoms with Crippen LogP contribution in [-0.2, 0) is 6.67 Å². The molecule has 1 rings (SSSR count). The van der Waals surface area contributed by atoms with Crippen LogP contribution in [0, 0.1) is 0 Å². The maximum atomic E-state index is 12.5. The minimum Gasteiger partial charge on any atom is -0.488 e. The van der Waals surface area contributed by atoms with Gasteiger partial charge in [0.05, 0.1) is 11.8 Å². The monoisotopic (exact) mass is 183 g/mol. The molecular weight excluding hydrogens is 169 g/mol. The molecule has 0 heterocycles. The number of rotatable bonds is 3. The third-order valence-electron chi connectivity index (χ3n) is 1.62. The first-order chi connectivity index (χ1) is 6.15. The van der Waals surface area contributed by atoms with Gasteiger partial charge in [0.2, 0.25) is 0 Å². The second-order valence-corrected chi connectivity index (χ2v) is 3.14. The lowest BCUT2D eigenvalue weighted by Crippen LogP contribution is -2.09. The van der Waals surface area contributed by atoms with Gasteiger partial charge in [0, 0.05) is 5.56 Å². The number of halogens is 1. The van der Waals surface area contributed by atoms with Crippen LogP contribution in [0.3, 0.4) is 0 Å². The number of para-hydroxylation sites is 1. The number of benzene rings is 1. The predicted octanol–water partition coefficient (Wildman–Crippen LogP) is 2.53. The number of hydrogen-bond donors (Lipinski definition) is 1. The zero-order valence-corrected chi connectivity index (χ0v) is 7.88. The Bertz CT molecular complexity index is 286. The molecule has 0 aromatic heterocycles. The van der Waals surface area contributed by atoms with Gasteiger partial charge in [-0.3, -0.25) is 0 Å². The lowest BCUT2D eigenvalue weighted by atomic mass is 10.2. The minimum absolute atomic E-state index is 0.00926. The van der Waals surface area contributed by atoms with Gasteiger partial charge in [-0.05, 0) is 19.9 Å². The summed E-state index contributed by atoms with van der Waals surface area (Å²) in [5, 5.41) is 0. The van der Waals surface area contributed by atoms with Crippen molar-refractivity contribution in [3.05, 3.63) is 23.8 Å². The van der Waals surface area contributed by atoms with E-state index in [4.69, 9.17) is 10.5 Å². The highest BCUT2D eigenvalue weighted by molar-refractivity contribution is 5.56. The van der Waals surface area contributed by atoms with Crippen LogP contribution in [0.2, 0.25) is 0 Å². The van der Waals surface area contributed by atoms with Gasteiger partial charge in [-0.15, -0.1) is 0 Å². The summed E-state index contributed by atoms with van der Waals surface area (Å²) in [5.74, 6) is 0.472. The first-order valence-corrected chi connectivity index (χ1v) is 4.25. The van der Waals surface area contributed by atoms with Gasteiger partial charge in [-0.1, -0.05) is 12.1 Å². The van der Waals surface area contributed by atoms with E-state index in [1.165, 1.54) is 0 Å². The van der Waals surface area contributed by atoms with E-state index < -0.39 is 6.67 Å². The lowest BCUT2D eigenvalue weighted by Gasteiger charge is -2.14. The average Bonchev–Trinajstić information content (AvgIpc) is 2.08. The molecule has 0 amide bonds. The van der Waals surface area contributed by atoms with Crippen LogP contribution in [0.4, 0.5) is 10.1 Å². The van der Waals surface area contributed by atoms with E-state index in [1.54, 1.807) is 18.2 Å².